The maximum absolute atomic E-state index is 11.9. The van der Waals surface area contributed by atoms with E-state index in [0.29, 0.717) is 0 Å². The van der Waals surface area contributed by atoms with Gasteiger partial charge in [0.15, 0.2) is 17.4 Å². The maximum Gasteiger partial charge on any atom is 0.490 e. The molecule has 21 heteroatoms. The molecule has 32 heavy (non-hydrogen) atoms. The van der Waals surface area contributed by atoms with Crippen LogP contribution in [0.15, 0.2) is 12.7 Å². The Balaban J connectivity index is 1.73. The lowest BCUT2D eigenvalue weighted by Crippen LogP contribution is -2.35. The highest BCUT2D eigenvalue weighted by atomic mass is 31.3. The van der Waals surface area contributed by atoms with Crippen LogP contribution < -0.4 is 0 Å². The number of imidazole rings is 1. The van der Waals surface area contributed by atoms with Gasteiger partial charge >= 0.3 is 23.5 Å². The second-order valence-electron chi connectivity index (χ2n) is 6.16. The van der Waals surface area contributed by atoms with Gasteiger partial charge in [0.1, 0.15) is 24.6 Å². The van der Waals surface area contributed by atoms with Gasteiger partial charge in [0.25, 0.3) is 0 Å². The van der Waals surface area contributed by atoms with Crippen molar-refractivity contribution in [3.8, 4) is 5.88 Å². The number of hydrogen-bond acceptors (Lipinski definition) is 13. The highest BCUT2D eigenvalue weighted by Gasteiger charge is 2.47. The third kappa shape index (κ3) is 5.76. The van der Waals surface area contributed by atoms with Gasteiger partial charge in [-0.25, -0.2) is 23.7 Å². The third-order valence-electron chi connectivity index (χ3n) is 4.02. The second-order valence-corrected chi connectivity index (χ2v) is 10.6. The van der Waals surface area contributed by atoms with E-state index in [2.05, 4.69) is 28.1 Å². The molecular weight excluding hydrogens is 505 g/mol. The fourth-order valence-corrected chi connectivity index (χ4v) is 5.86. The number of aromatic hydroxyl groups is 1. The number of methoxy groups -OCH3 is 1. The van der Waals surface area contributed by atoms with Crippen LogP contribution in [-0.2, 0) is 36.3 Å². The maximum atomic E-state index is 11.9. The summed E-state index contributed by atoms with van der Waals surface area (Å²) in [5.74, 6) is -0.412. The first-order chi connectivity index (χ1) is 14.7. The highest BCUT2D eigenvalue weighted by molar-refractivity contribution is 7.66. The molecule has 18 nitrogen and oxygen atoms in total. The molecule has 6 N–H and O–H groups in total. The summed E-state index contributed by atoms with van der Waals surface area (Å²) in [7, 11) is -15.4. The van der Waals surface area contributed by atoms with Gasteiger partial charge in [-0.05, 0) is 0 Å². The molecule has 3 rings (SSSR count). The van der Waals surface area contributed by atoms with Crippen molar-refractivity contribution in [2.75, 3.05) is 13.7 Å². The summed E-state index contributed by atoms with van der Waals surface area (Å²) in [6.07, 6.45) is -2.75. The van der Waals surface area contributed by atoms with Gasteiger partial charge in [-0.3, -0.25) is 9.09 Å². The van der Waals surface area contributed by atoms with Crippen LogP contribution in [0.2, 0.25) is 0 Å². The Morgan fingerprint density at radius 1 is 1.09 bits per heavy atom. The summed E-state index contributed by atoms with van der Waals surface area (Å²) in [5, 5.41) is 20.2. The van der Waals surface area contributed by atoms with Crippen molar-refractivity contribution in [1.82, 2.24) is 19.5 Å². The monoisotopic (exact) mass is 522 g/mol. The molecule has 1 saturated heterocycles. The summed E-state index contributed by atoms with van der Waals surface area (Å²) in [4.78, 5) is 47.2. The predicted octanol–water partition coefficient (Wildman–Crippen LogP) is -0.851. The van der Waals surface area contributed by atoms with E-state index < -0.39 is 60.5 Å². The molecule has 1 aliphatic rings. The van der Waals surface area contributed by atoms with E-state index >= 15 is 0 Å². The van der Waals surface area contributed by atoms with E-state index in [-0.39, 0.29) is 11.2 Å². The quantitative estimate of drug-likeness (QED) is 0.219. The van der Waals surface area contributed by atoms with Crippen molar-refractivity contribution in [3.05, 3.63) is 12.7 Å². The van der Waals surface area contributed by atoms with Crippen molar-refractivity contribution in [2.24, 2.45) is 0 Å². The number of fused-ring (bicyclic) bond motifs is 1. The van der Waals surface area contributed by atoms with E-state index in [1.54, 1.807) is 0 Å². The van der Waals surface area contributed by atoms with Crippen LogP contribution in [0, 0.1) is 0 Å². The fraction of sp³-hybridized carbons (Fsp3) is 0.545. The van der Waals surface area contributed by atoms with Gasteiger partial charge in [-0.15, -0.1) is 0 Å². The van der Waals surface area contributed by atoms with Crippen molar-refractivity contribution in [1.29, 1.82) is 0 Å². The van der Waals surface area contributed by atoms with Crippen molar-refractivity contribution < 1.29 is 66.1 Å². The molecule has 0 aromatic carbocycles. The van der Waals surface area contributed by atoms with E-state index in [4.69, 9.17) is 24.2 Å². The largest absolute Gasteiger partial charge is 0.492 e. The van der Waals surface area contributed by atoms with E-state index in [1.807, 2.05) is 0 Å². The lowest BCUT2D eigenvalue weighted by atomic mass is 10.1. The number of rotatable bonds is 9. The van der Waals surface area contributed by atoms with E-state index in [9.17, 15) is 28.8 Å². The van der Waals surface area contributed by atoms with Gasteiger partial charge in [-0.2, -0.15) is 13.6 Å². The standard InChI is InChI=1S/C11H17N4O14P3/c1-25-8-7(16)5(2-26-31(21,22)29-32(23,24)28-30(18,19)20)27-11(8)15-4-14-6-9(15)12-3-13-10(6)17/h3-5,7-8,11,16H,2H2,1H3,(H,21,22)(H,23,24)(H,12,13,17)(H2,18,19,20)/t5-,7-,8-,11-/m1/s1. The Labute approximate surface area is 177 Å². The fourth-order valence-electron chi connectivity index (χ4n) is 2.83. The Morgan fingerprint density at radius 2 is 1.78 bits per heavy atom. The second kappa shape index (κ2) is 9.12. The van der Waals surface area contributed by atoms with Crippen LogP contribution in [0.3, 0.4) is 0 Å². The molecule has 180 valence electrons. The van der Waals surface area contributed by atoms with E-state index in [1.165, 1.54) is 18.0 Å². The number of phosphoric acid groups is 3. The Hall–Kier alpha value is -1.36. The zero-order valence-electron chi connectivity index (χ0n) is 15.8. The number of ether oxygens (including phenoxy) is 2. The molecule has 2 unspecified atom stereocenters. The summed E-state index contributed by atoms with van der Waals surface area (Å²) in [6, 6.07) is 0. The summed E-state index contributed by atoms with van der Waals surface area (Å²) >= 11 is 0. The summed E-state index contributed by atoms with van der Waals surface area (Å²) in [5.41, 5.74) is 0.141. The molecule has 2 aromatic rings. The molecule has 0 radical (unpaired) electrons. The molecule has 3 heterocycles. The average Bonchev–Trinajstić information content (AvgIpc) is 3.18. The van der Waals surface area contributed by atoms with Gasteiger partial charge in [0, 0.05) is 7.11 Å². The van der Waals surface area contributed by atoms with Gasteiger partial charge in [0.05, 0.1) is 12.9 Å². The van der Waals surface area contributed by atoms with Crippen molar-refractivity contribution >= 4 is 34.6 Å². The Morgan fingerprint density at radius 3 is 2.41 bits per heavy atom. The predicted molar refractivity (Wildman–Crippen MR) is 97.5 cm³/mol. The average molecular weight is 522 g/mol. The van der Waals surface area contributed by atoms with Gasteiger partial charge < -0.3 is 39.3 Å². The van der Waals surface area contributed by atoms with Gasteiger partial charge in [-0.1, -0.05) is 0 Å². The molecule has 0 aliphatic carbocycles. The van der Waals surface area contributed by atoms with Crippen LogP contribution in [0.1, 0.15) is 6.23 Å². The molecule has 6 atom stereocenters. The smallest absolute Gasteiger partial charge is 0.490 e. The topological polar surface area (TPSA) is 262 Å². The first-order valence-corrected chi connectivity index (χ1v) is 12.8. The molecule has 1 aliphatic heterocycles. The minimum Gasteiger partial charge on any atom is -0.492 e. The zero-order valence-corrected chi connectivity index (χ0v) is 18.4. The van der Waals surface area contributed by atoms with Crippen molar-refractivity contribution in [2.45, 2.75) is 24.5 Å². The first kappa shape index (κ1) is 25.3. The first-order valence-electron chi connectivity index (χ1n) is 8.24. The van der Waals surface area contributed by atoms with Crippen LogP contribution in [0.5, 0.6) is 5.88 Å². The molecule has 0 amide bonds. The number of aromatic nitrogens is 4. The van der Waals surface area contributed by atoms with Crippen LogP contribution in [0.25, 0.3) is 11.2 Å². The number of nitrogens with zero attached hydrogens (tertiary/aromatic N) is 4. The van der Waals surface area contributed by atoms with Crippen LogP contribution >= 0.6 is 23.5 Å². The van der Waals surface area contributed by atoms with Crippen LogP contribution in [0.4, 0.5) is 0 Å². The number of aliphatic hydroxyl groups is 1. The summed E-state index contributed by atoms with van der Waals surface area (Å²) in [6.45, 7) is -0.895. The Bertz CT molecular complexity index is 1120. The van der Waals surface area contributed by atoms with E-state index in [0.717, 1.165) is 6.33 Å². The Kier molecular flexibility index (Phi) is 7.20. The third-order valence-corrected chi connectivity index (χ3v) is 7.82. The lowest BCUT2D eigenvalue weighted by Gasteiger charge is -2.19. The molecule has 0 spiro atoms. The van der Waals surface area contributed by atoms with Crippen molar-refractivity contribution in [3.63, 3.8) is 0 Å². The molecule has 0 saturated carbocycles. The summed E-state index contributed by atoms with van der Waals surface area (Å²) < 4.78 is 57.7. The zero-order chi connectivity index (χ0) is 23.9. The van der Waals surface area contributed by atoms with Crippen LogP contribution in [-0.4, -0.2) is 81.3 Å². The number of hydrogen-bond donors (Lipinski definition) is 6. The minimum atomic E-state index is -5.69. The minimum absolute atomic E-state index is 0.0251. The highest BCUT2D eigenvalue weighted by Crippen LogP contribution is 2.66. The molecule has 0 bridgehead atoms. The normalized spacial score (nSPS) is 27.9. The number of phosphoric ester groups is 1. The molecule has 1 fully saturated rings. The lowest BCUT2D eigenvalue weighted by molar-refractivity contribution is -0.0577. The van der Waals surface area contributed by atoms with Gasteiger partial charge in [0.2, 0.25) is 5.88 Å². The number of aliphatic hydroxyl groups excluding tert-OH is 1. The molecular formula is C11H17N4O14P3. The molecule has 2 aromatic heterocycles. The SMILES string of the molecule is CO[C@@H]1[C@H](O)[C@@H](COP(=O)(O)OP(=O)(O)OP(=O)(O)O)O[C@H]1n1cnc2c(O)ncnc21.